The molecule has 1 aromatic carbocycles. The molecule has 2 rings (SSSR count). The number of hydrogen-bond acceptors (Lipinski definition) is 2. The van der Waals surface area contributed by atoms with E-state index in [1.54, 1.807) is 0 Å². The normalized spacial score (nSPS) is 21.0. The van der Waals surface area contributed by atoms with Gasteiger partial charge in [0.05, 0.1) is 6.42 Å². The number of halogens is 1. The van der Waals surface area contributed by atoms with Crippen LogP contribution in [0.3, 0.4) is 0 Å². The van der Waals surface area contributed by atoms with Crippen molar-refractivity contribution in [2.24, 2.45) is 5.73 Å². The first kappa shape index (κ1) is 19.0. The highest BCUT2D eigenvalue weighted by atomic mass is 35.5. The summed E-state index contributed by atoms with van der Waals surface area (Å²) in [4.78, 5) is 12.1. The van der Waals surface area contributed by atoms with Crippen LogP contribution in [-0.2, 0) is 17.6 Å². The number of hydrogen-bond donors (Lipinski definition) is 2. The van der Waals surface area contributed by atoms with Gasteiger partial charge in [-0.05, 0) is 49.7 Å². The fraction of sp³-hybridized carbons (Fsp3) is 0.611. The van der Waals surface area contributed by atoms with E-state index in [0.29, 0.717) is 18.5 Å². The molecule has 22 heavy (non-hydrogen) atoms. The monoisotopic (exact) mass is 324 g/mol. The molecule has 1 aliphatic carbocycles. The van der Waals surface area contributed by atoms with Gasteiger partial charge < -0.3 is 11.1 Å². The number of amides is 1. The first-order valence-electron chi connectivity index (χ1n) is 8.30. The maximum absolute atomic E-state index is 12.1. The Morgan fingerprint density at radius 1 is 1.14 bits per heavy atom. The van der Waals surface area contributed by atoms with Gasteiger partial charge in [-0.15, -0.1) is 12.4 Å². The molecule has 0 bridgehead atoms. The van der Waals surface area contributed by atoms with Crippen molar-refractivity contribution in [3.8, 4) is 0 Å². The van der Waals surface area contributed by atoms with Crippen molar-refractivity contribution in [3.63, 3.8) is 0 Å². The third-order valence-corrected chi connectivity index (χ3v) is 4.34. The average molecular weight is 325 g/mol. The molecule has 0 saturated heterocycles. The average Bonchev–Trinajstić information content (AvgIpc) is 2.49. The number of unbranched alkanes of at least 4 members (excludes halogenated alkanes) is 1. The van der Waals surface area contributed by atoms with Gasteiger partial charge in [-0.25, -0.2) is 0 Å². The Kier molecular flexibility index (Phi) is 8.51. The molecule has 1 amide bonds. The Bertz CT molecular complexity index is 439. The van der Waals surface area contributed by atoms with Crippen LogP contribution in [0, 0.1) is 0 Å². The lowest BCUT2D eigenvalue weighted by atomic mass is 9.91. The third-order valence-electron chi connectivity index (χ3n) is 4.34. The smallest absolute Gasteiger partial charge is 0.224 e. The maximum atomic E-state index is 12.1. The standard InChI is InChI=1S/C18H28N2O.ClH/c1-2-3-4-14-5-7-15(8-6-14)13-18(21)20-17-11-9-16(19)10-12-17;/h5-8,16-17H,2-4,9-13,19H2,1H3,(H,20,21);1H. The van der Waals surface area contributed by atoms with E-state index >= 15 is 0 Å². The fourth-order valence-corrected chi connectivity index (χ4v) is 2.93. The van der Waals surface area contributed by atoms with Crippen LogP contribution in [-0.4, -0.2) is 18.0 Å². The Morgan fingerprint density at radius 3 is 2.32 bits per heavy atom. The lowest BCUT2D eigenvalue weighted by Crippen LogP contribution is -2.41. The molecule has 1 saturated carbocycles. The predicted octanol–water partition coefficient (Wildman–Crippen LogP) is 3.38. The molecule has 3 N–H and O–H groups in total. The van der Waals surface area contributed by atoms with Crippen LogP contribution in [0.15, 0.2) is 24.3 Å². The second-order valence-electron chi connectivity index (χ2n) is 6.28. The summed E-state index contributed by atoms with van der Waals surface area (Å²) in [6, 6.07) is 9.12. The summed E-state index contributed by atoms with van der Waals surface area (Å²) in [6.07, 6.45) is 8.14. The van der Waals surface area contributed by atoms with Crippen molar-refractivity contribution in [2.45, 2.75) is 70.4 Å². The summed E-state index contributed by atoms with van der Waals surface area (Å²) in [5, 5.41) is 3.14. The second kappa shape index (κ2) is 9.86. The molecule has 4 heteroatoms. The molecule has 0 aromatic heterocycles. The summed E-state index contributed by atoms with van der Waals surface area (Å²) in [6.45, 7) is 2.21. The molecule has 124 valence electrons. The summed E-state index contributed by atoms with van der Waals surface area (Å²) in [5.41, 5.74) is 8.35. The minimum Gasteiger partial charge on any atom is -0.353 e. The minimum atomic E-state index is 0. The number of carbonyl (C=O) groups excluding carboxylic acids is 1. The van der Waals surface area contributed by atoms with Gasteiger partial charge in [-0.1, -0.05) is 37.6 Å². The lowest BCUT2D eigenvalue weighted by Gasteiger charge is -2.26. The van der Waals surface area contributed by atoms with Gasteiger partial charge in [-0.3, -0.25) is 4.79 Å². The second-order valence-corrected chi connectivity index (χ2v) is 6.28. The summed E-state index contributed by atoms with van der Waals surface area (Å²) in [7, 11) is 0. The van der Waals surface area contributed by atoms with Crippen LogP contribution in [0.1, 0.15) is 56.6 Å². The predicted molar refractivity (Wildman–Crippen MR) is 94.4 cm³/mol. The highest BCUT2D eigenvalue weighted by Crippen LogP contribution is 2.17. The van der Waals surface area contributed by atoms with E-state index in [1.165, 1.54) is 18.4 Å². The van der Waals surface area contributed by atoms with Gasteiger partial charge in [0.25, 0.3) is 0 Å². The zero-order chi connectivity index (χ0) is 15.1. The van der Waals surface area contributed by atoms with Crippen molar-refractivity contribution in [1.29, 1.82) is 0 Å². The maximum Gasteiger partial charge on any atom is 0.224 e. The molecule has 0 radical (unpaired) electrons. The highest BCUT2D eigenvalue weighted by Gasteiger charge is 2.19. The number of benzene rings is 1. The van der Waals surface area contributed by atoms with Gasteiger partial charge in [0.1, 0.15) is 0 Å². The van der Waals surface area contributed by atoms with Crippen molar-refractivity contribution >= 4 is 18.3 Å². The lowest BCUT2D eigenvalue weighted by molar-refractivity contribution is -0.121. The Labute approximate surface area is 140 Å². The number of carbonyl (C=O) groups is 1. The summed E-state index contributed by atoms with van der Waals surface area (Å²) < 4.78 is 0. The molecule has 0 atom stereocenters. The fourth-order valence-electron chi connectivity index (χ4n) is 2.93. The molecule has 3 nitrogen and oxygen atoms in total. The molecule has 0 unspecified atom stereocenters. The van der Waals surface area contributed by atoms with E-state index in [0.717, 1.165) is 37.7 Å². The van der Waals surface area contributed by atoms with Crippen molar-refractivity contribution < 1.29 is 4.79 Å². The van der Waals surface area contributed by atoms with Gasteiger partial charge in [0.15, 0.2) is 0 Å². The zero-order valence-corrected chi connectivity index (χ0v) is 14.3. The largest absolute Gasteiger partial charge is 0.353 e. The van der Waals surface area contributed by atoms with Gasteiger partial charge in [-0.2, -0.15) is 0 Å². The van der Waals surface area contributed by atoms with Crippen LogP contribution >= 0.6 is 12.4 Å². The third kappa shape index (κ3) is 6.37. The number of aryl methyl sites for hydroxylation is 1. The summed E-state index contributed by atoms with van der Waals surface area (Å²) >= 11 is 0. The van der Waals surface area contributed by atoms with Crippen LogP contribution < -0.4 is 11.1 Å². The first-order chi connectivity index (χ1) is 10.2. The van der Waals surface area contributed by atoms with E-state index in [9.17, 15) is 4.79 Å². The number of rotatable bonds is 6. The molecular weight excluding hydrogens is 296 g/mol. The SMILES string of the molecule is CCCCc1ccc(CC(=O)NC2CCC(N)CC2)cc1.Cl. The van der Waals surface area contributed by atoms with Crippen LogP contribution in [0.2, 0.25) is 0 Å². The zero-order valence-electron chi connectivity index (χ0n) is 13.5. The Hall–Kier alpha value is -1.06. The highest BCUT2D eigenvalue weighted by molar-refractivity contribution is 5.85. The van der Waals surface area contributed by atoms with E-state index in [-0.39, 0.29) is 18.3 Å². The molecule has 1 aliphatic rings. The Morgan fingerprint density at radius 2 is 1.73 bits per heavy atom. The van der Waals surface area contributed by atoms with E-state index in [2.05, 4.69) is 36.5 Å². The minimum absolute atomic E-state index is 0. The van der Waals surface area contributed by atoms with Crippen molar-refractivity contribution in [2.75, 3.05) is 0 Å². The van der Waals surface area contributed by atoms with Gasteiger partial charge in [0.2, 0.25) is 5.91 Å². The quantitative estimate of drug-likeness (QED) is 0.842. The van der Waals surface area contributed by atoms with Gasteiger partial charge in [0, 0.05) is 12.1 Å². The molecule has 0 heterocycles. The first-order valence-corrected chi connectivity index (χ1v) is 8.30. The van der Waals surface area contributed by atoms with Crippen LogP contribution in [0.4, 0.5) is 0 Å². The molecule has 0 spiro atoms. The van der Waals surface area contributed by atoms with Crippen molar-refractivity contribution in [3.05, 3.63) is 35.4 Å². The number of nitrogens with two attached hydrogens (primary N) is 1. The van der Waals surface area contributed by atoms with Crippen molar-refractivity contribution in [1.82, 2.24) is 5.32 Å². The van der Waals surface area contributed by atoms with Crippen LogP contribution in [0.5, 0.6) is 0 Å². The van der Waals surface area contributed by atoms with E-state index in [1.807, 2.05) is 0 Å². The van der Waals surface area contributed by atoms with Crippen LogP contribution in [0.25, 0.3) is 0 Å². The summed E-state index contributed by atoms with van der Waals surface area (Å²) in [5.74, 6) is 0.136. The van der Waals surface area contributed by atoms with E-state index in [4.69, 9.17) is 5.73 Å². The number of nitrogens with one attached hydrogen (secondary N) is 1. The molecular formula is C18H29ClN2O. The van der Waals surface area contributed by atoms with Gasteiger partial charge >= 0.3 is 0 Å². The molecule has 1 aromatic rings. The van der Waals surface area contributed by atoms with E-state index < -0.39 is 0 Å². The molecule has 0 aliphatic heterocycles. The Balaban J connectivity index is 0.00000242. The molecule has 1 fully saturated rings. The topological polar surface area (TPSA) is 55.1 Å².